The molecule has 2 aromatic carbocycles. The second-order valence-corrected chi connectivity index (χ2v) is 9.27. The Morgan fingerprint density at radius 3 is 2.28 bits per heavy atom. The molecule has 0 aromatic heterocycles. The summed E-state index contributed by atoms with van der Waals surface area (Å²) in [6.07, 6.45) is 4.82. The lowest BCUT2D eigenvalue weighted by Crippen LogP contribution is -2.52. The number of rotatable bonds is 10. The number of ether oxygens (including phenoxy) is 2. The van der Waals surface area contributed by atoms with Crippen LogP contribution in [-0.4, -0.2) is 42.5 Å². The number of benzene rings is 2. The number of halogens is 1. The molecule has 1 N–H and O–H groups in total. The van der Waals surface area contributed by atoms with Crippen LogP contribution in [0.3, 0.4) is 0 Å². The van der Waals surface area contributed by atoms with E-state index in [0.29, 0.717) is 18.7 Å². The van der Waals surface area contributed by atoms with Crippen LogP contribution < -0.4 is 14.8 Å². The Labute approximate surface area is 203 Å². The maximum atomic E-state index is 13.2. The van der Waals surface area contributed by atoms with Crippen molar-refractivity contribution < 1.29 is 19.1 Å². The van der Waals surface area contributed by atoms with Gasteiger partial charge in [-0.15, -0.1) is 0 Å². The second kappa shape index (κ2) is 12.1. The summed E-state index contributed by atoms with van der Waals surface area (Å²) in [5, 5.41) is 3.15. The van der Waals surface area contributed by atoms with Gasteiger partial charge in [0.2, 0.25) is 5.91 Å². The van der Waals surface area contributed by atoms with Gasteiger partial charge in [0, 0.05) is 16.2 Å². The molecular weight excluding hydrogens is 519 g/mol. The van der Waals surface area contributed by atoms with E-state index in [-0.39, 0.29) is 24.5 Å². The van der Waals surface area contributed by atoms with Crippen LogP contribution in [0.2, 0.25) is 0 Å². The van der Waals surface area contributed by atoms with E-state index in [4.69, 9.17) is 9.47 Å². The van der Waals surface area contributed by atoms with Gasteiger partial charge >= 0.3 is 0 Å². The van der Waals surface area contributed by atoms with Gasteiger partial charge in [0.15, 0.2) is 6.61 Å². The smallest absolute Gasteiger partial charge is 0.261 e. The molecule has 1 aliphatic carbocycles. The minimum atomic E-state index is -0.550. The van der Waals surface area contributed by atoms with Crippen LogP contribution in [0, 0.1) is 3.57 Å². The summed E-state index contributed by atoms with van der Waals surface area (Å²) in [6.45, 7) is 2.15. The van der Waals surface area contributed by atoms with E-state index in [2.05, 4.69) is 27.9 Å². The van der Waals surface area contributed by atoms with Gasteiger partial charge in [0.25, 0.3) is 5.91 Å². The molecule has 2 amide bonds. The molecule has 3 rings (SSSR count). The molecule has 1 saturated carbocycles. The average molecular weight is 550 g/mol. The zero-order chi connectivity index (χ0) is 22.9. The largest absolute Gasteiger partial charge is 0.497 e. The number of hydrogen-bond acceptors (Lipinski definition) is 4. The molecule has 0 heterocycles. The Balaban J connectivity index is 1.74. The van der Waals surface area contributed by atoms with Gasteiger partial charge in [0.05, 0.1) is 7.11 Å². The van der Waals surface area contributed by atoms with Crippen LogP contribution in [0.5, 0.6) is 11.5 Å². The summed E-state index contributed by atoms with van der Waals surface area (Å²) in [4.78, 5) is 28.0. The Morgan fingerprint density at radius 2 is 1.69 bits per heavy atom. The minimum Gasteiger partial charge on any atom is -0.497 e. The van der Waals surface area contributed by atoms with Crippen LogP contribution in [0.4, 0.5) is 0 Å². The standard InChI is InChI=1S/C25H31IN2O4/c1-3-23(25(30)27-20-6-4-5-7-20)28(16-18-8-12-21(31-2)13-9-18)24(29)17-32-22-14-10-19(26)11-15-22/h8-15,20,23H,3-7,16-17H2,1-2H3,(H,27,30). The maximum absolute atomic E-state index is 13.2. The van der Waals surface area contributed by atoms with Crippen molar-refractivity contribution in [2.45, 2.75) is 57.7 Å². The SMILES string of the molecule is CCC(C(=O)NC1CCCC1)N(Cc1ccc(OC)cc1)C(=O)COc1ccc(I)cc1. The van der Waals surface area contributed by atoms with Crippen molar-refractivity contribution in [1.82, 2.24) is 10.2 Å². The molecule has 32 heavy (non-hydrogen) atoms. The Morgan fingerprint density at radius 1 is 1.06 bits per heavy atom. The van der Waals surface area contributed by atoms with E-state index in [1.54, 1.807) is 12.0 Å². The maximum Gasteiger partial charge on any atom is 0.261 e. The molecule has 0 spiro atoms. The number of carbonyl (C=O) groups is 2. The zero-order valence-corrected chi connectivity index (χ0v) is 20.8. The second-order valence-electron chi connectivity index (χ2n) is 8.03. The molecule has 1 unspecified atom stereocenters. The van der Waals surface area contributed by atoms with E-state index in [9.17, 15) is 9.59 Å². The summed E-state index contributed by atoms with van der Waals surface area (Å²) < 4.78 is 12.1. The number of nitrogens with one attached hydrogen (secondary N) is 1. The van der Waals surface area contributed by atoms with Crippen LogP contribution in [0.1, 0.15) is 44.6 Å². The molecule has 1 aliphatic rings. The van der Waals surface area contributed by atoms with Crippen molar-refractivity contribution >= 4 is 34.4 Å². The predicted molar refractivity (Wildman–Crippen MR) is 133 cm³/mol. The lowest BCUT2D eigenvalue weighted by Gasteiger charge is -2.31. The van der Waals surface area contributed by atoms with E-state index >= 15 is 0 Å². The Kier molecular flexibility index (Phi) is 9.20. The highest BCUT2D eigenvalue weighted by Crippen LogP contribution is 2.20. The molecule has 172 valence electrons. The molecule has 0 radical (unpaired) electrons. The van der Waals surface area contributed by atoms with E-state index in [1.165, 1.54) is 0 Å². The van der Waals surface area contributed by atoms with Crippen molar-refractivity contribution in [1.29, 1.82) is 0 Å². The van der Waals surface area contributed by atoms with Gasteiger partial charge in [-0.1, -0.05) is 31.9 Å². The fourth-order valence-corrected chi connectivity index (χ4v) is 4.33. The van der Waals surface area contributed by atoms with Crippen molar-refractivity contribution in [3.8, 4) is 11.5 Å². The summed E-state index contributed by atoms with van der Waals surface area (Å²) >= 11 is 2.22. The average Bonchev–Trinajstić information content (AvgIpc) is 3.31. The van der Waals surface area contributed by atoms with E-state index < -0.39 is 6.04 Å². The van der Waals surface area contributed by atoms with Crippen LogP contribution >= 0.6 is 22.6 Å². The van der Waals surface area contributed by atoms with Crippen LogP contribution in [0.15, 0.2) is 48.5 Å². The fourth-order valence-electron chi connectivity index (χ4n) is 3.97. The summed E-state index contributed by atoms with van der Waals surface area (Å²) in [6, 6.07) is 14.8. The molecular formula is C25H31IN2O4. The third-order valence-corrected chi connectivity index (χ3v) is 6.49. The minimum absolute atomic E-state index is 0.0875. The first kappa shape index (κ1) is 24.4. The number of amides is 2. The first-order chi connectivity index (χ1) is 15.5. The van der Waals surface area contributed by atoms with Crippen molar-refractivity contribution in [3.63, 3.8) is 0 Å². The molecule has 1 fully saturated rings. The van der Waals surface area contributed by atoms with E-state index in [1.807, 2.05) is 55.5 Å². The van der Waals surface area contributed by atoms with Gasteiger partial charge in [-0.25, -0.2) is 0 Å². The van der Waals surface area contributed by atoms with E-state index in [0.717, 1.165) is 40.6 Å². The predicted octanol–water partition coefficient (Wildman–Crippen LogP) is 4.54. The summed E-state index contributed by atoms with van der Waals surface area (Å²) in [5.41, 5.74) is 0.931. The topological polar surface area (TPSA) is 67.9 Å². The number of nitrogens with zero attached hydrogens (tertiary/aromatic N) is 1. The van der Waals surface area contributed by atoms with Gasteiger partial charge in [-0.2, -0.15) is 0 Å². The Hall–Kier alpha value is -2.29. The third kappa shape index (κ3) is 6.85. The van der Waals surface area contributed by atoms with Crippen molar-refractivity contribution in [2.75, 3.05) is 13.7 Å². The number of methoxy groups -OCH3 is 1. The normalized spacial score (nSPS) is 14.6. The highest BCUT2D eigenvalue weighted by Gasteiger charge is 2.30. The fraction of sp³-hybridized carbons (Fsp3) is 0.440. The molecule has 0 bridgehead atoms. The molecule has 0 aliphatic heterocycles. The van der Waals surface area contributed by atoms with Crippen molar-refractivity contribution in [3.05, 3.63) is 57.7 Å². The summed E-state index contributed by atoms with van der Waals surface area (Å²) in [5.74, 6) is 1.08. The first-order valence-electron chi connectivity index (χ1n) is 11.1. The van der Waals surface area contributed by atoms with Gasteiger partial charge in [-0.3, -0.25) is 9.59 Å². The molecule has 2 aromatic rings. The van der Waals surface area contributed by atoms with Crippen LogP contribution in [-0.2, 0) is 16.1 Å². The quantitative estimate of drug-likeness (QED) is 0.441. The lowest BCUT2D eigenvalue weighted by atomic mass is 10.1. The third-order valence-electron chi connectivity index (χ3n) is 5.78. The zero-order valence-electron chi connectivity index (χ0n) is 18.7. The van der Waals surface area contributed by atoms with Crippen LogP contribution in [0.25, 0.3) is 0 Å². The summed E-state index contributed by atoms with van der Waals surface area (Å²) in [7, 11) is 1.62. The van der Waals surface area contributed by atoms with Gasteiger partial charge in [0.1, 0.15) is 17.5 Å². The molecule has 1 atom stereocenters. The Bertz CT molecular complexity index is 880. The molecule has 6 nitrogen and oxygen atoms in total. The van der Waals surface area contributed by atoms with Gasteiger partial charge < -0.3 is 19.7 Å². The van der Waals surface area contributed by atoms with Crippen molar-refractivity contribution in [2.24, 2.45) is 0 Å². The molecule has 0 saturated heterocycles. The number of hydrogen-bond donors (Lipinski definition) is 1. The highest BCUT2D eigenvalue weighted by atomic mass is 127. The highest BCUT2D eigenvalue weighted by molar-refractivity contribution is 14.1. The first-order valence-corrected chi connectivity index (χ1v) is 12.2. The number of carbonyl (C=O) groups excluding carboxylic acids is 2. The van der Waals surface area contributed by atoms with Gasteiger partial charge in [-0.05, 0) is 83.8 Å². The monoisotopic (exact) mass is 550 g/mol. The molecule has 7 heteroatoms. The lowest BCUT2D eigenvalue weighted by molar-refractivity contribution is -0.143.